The van der Waals surface area contributed by atoms with Crippen molar-refractivity contribution in [3.63, 3.8) is 0 Å². The molecule has 0 saturated carbocycles. The predicted octanol–water partition coefficient (Wildman–Crippen LogP) is 4.59. The van der Waals surface area contributed by atoms with Gasteiger partial charge in [0.2, 0.25) is 11.7 Å². The van der Waals surface area contributed by atoms with Crippen LogP contribution in [0, 0.1) is 0 Å². The minimum absolute atomic E-state index is 0.281. The molecule has 0 bridgehead atoms. The number of aromatic nitrogens is 3. The van der Waals surface area contributed by atoms with E-state index in [-0.39, 0.29) is 6.04 Å². The van der Waals surface area contributed by atoms with Crippen LogP contribution in [0.25, 0.3) is 33.5 Å². The zero-order valence-electron chi connectivity index (χ0n) is 19.4. The van der Waals surface area contributed by atoms with Gasteiger partial charge in [-0.2, -0.15) is 4.98 Å². The van der Waals surface area contributed by atoms with Gasteiger partial charge in [-0.1, -0.05) is 18.5 Å². The average molecular weight is 450 g/mol. The lowest BCUT2D eigenvalue weighted by molar-refractivity contribution is 0.346. The third-order valence-electron chi connectivity index (χ3n) is 5.92. The molecule has 174 valence electrons. The number of nitrogens with one attached hydrogen (secondary N) is 1. The quantitative estimate of drug-likeness (QED) is 0.302. The molecule has 4 aromatic rings. The molecule has 0 amide bonds. The molecule has 0 radical (unpaired) electrons. The van der Waals surface area contributed by atoms with Crippen molar-refractivity contribution in [3.8, 4) is 34.1 Å². The molecule has 2 aromatic heterocycles. The number of nitrogens with two attached hydrogens (primary N) is 2. The van der Waals surface area contributed by atoms with Gasteiger partial charge in [-0.05, 0) is 67.8 Å². The number of nitrogens with zero attached hydrogens (tertiary/aromatic N) is 2. The molecular weight excluding hydrogens is 418 g/mol. The van der Waals surface area contributed by atoms with Crippen LogP contribution in [0.1, 0.15) is 43.7 Å². The lowest BCUT2D eigenvalue weighted by Gasteiger charge is -2.10. The van der Waals surface area contributed by atoms with E-state index in [2.05, 4.69) is 28.1 Å². The van der Waals surface area contributed by atoms with E-state index in [1.54, 1.807) is 14.2 Å². The van der Waals surface area contributed by atoms with E-state index in [1.807, 2.05) is 30.3 Å². The highest BCUT2D eigenvalue weighted by atomic mass is 16.5. The zero-order valence-corrected chi connectivity index (χ0v) is 19.4. The molecule has 5 N–H and O–H groups in total. The van der Waals surface area contributed by atoms with Gasteiger partial charge in [-0.3, -0.25) is 0 Å². The van der Waals surface area contributed by atoms with Gasteiger partial charge in [0.05, 0.1) is 20.3 Å². The van der Waals surface area contributed by atoms with Gasteiger partial charge < -0.3 is 30.4 Å². The van der Waals surface area contributed by atoms with E-state index in [0.717, 1.165) is 53.4 Å². The zero-order chi connectivity index (χ0) is 23.4. The molecule has 0 aliphatic heterocycles. The van der Waals surface area contributed by atoms with Crippen LogP contribution in [-0.2, 0) is 6.42 Å². The molecule has 0 saturated heterocycles. The first-order valence-corrected chi connectivity index (χ1v) is 11.3. The molecule has 0 spiro atoms. The summed E-state index contributed by atoms with van der Waals surface area (Å²) in [7, 11) is 3.28. The van der Waals surface area contributed by atoms with Gasteiger partial charge in [0, 0.05) is 27.7 Å². The maximum Gasteiger partial charge on any atom is 0.243 e. The molecule has 0 aliphatic carbocycles. The van der Waals surface area contributed by atoms with Gasteiger partial charge in [0.1, 0.15) is 0 Å². The van der Waals surface area contributed by atoms with Crippen molar-refractivity contribution in [2.45, 2.75) is 38.6 Å². The molecule has 33 heavy (non-hydrogen) atoms. The van der Waals surface area contributed by atoms with Crippen LogP contribution in [-0.4, -0.2) is 35.9 Å². The number of hydrogen-bond donors (Lipinski definition) is 3. The molecule has 2 heterocycles. The van der Waals surface area contributed by atoms with Gasteiger partial charge in [-0.15, -0.1) is 0 Å². The summed E-state index contributed by atoms with van der Waals surface area (Å²) in [6.45, 7) is 2.80. The molecule has 0 aliphatic rings. The van der Waals surface area contributed by atoms with Crippen molar-refractivity contribution in [1.82, 2.24) is 15.1 Å². The summed E-state index contributed by atoms with van der Waals surface area (Å²) in [5, 5.41) is 5.30. The molecule has 0 fully saturated rings. The fraction of sp³-hybridized carbons (Fsp3) is 0.360. The minimum atomic E-state index is -0.281. The number of aromatic amines is 1. The first-order chi connectivity index (χ1) is 16.1. The molecule has 8 nitrogen and oxygen atoms in total. The Hall–Kier alpha value is -3.36. The second-order valence-electron chi connectivity index (χ2n) is 8.01. The monoisotopic (exact) mass is 449 g/mol. The number of H-pyrrole nitrogens is 1. The van der Waals surface area contributed by atoms with E-state index in [4.69, 9.17) is 25.5 Å². The van der Waals surface area contributed by atoms with Gasteiger partial charge in [0.25, 0.3) is 0 Å². The van der Waals surface area contributed by atoms with Crippen LogP contribution < -0.4 is 20.9 Å². The number of hydrogen-bond acceptors (Lipinski definition) is 7. The van der Waals surface area contributed by atoms with Crippen molar-refractivity contribution < 1.29 is 14.0 Å². The Morgan fingerprint density at radius 3 is 2.55 bits per heavy atom. The fourth-order valence-corrected chi connectivity index (χ4v) is 4.13. The van der Waals surface area contributed by atoms with Crippen molar-refractivity contribution in [2.24, 2.45) is 11.5 Å². The highest BCUT2D eigenvalue weighted by Gasteiger charge is 2.18. The second kappa shape index (κ2) is 10.1. The Balaban J connectivity index is 1.68. The van der Waals surface area contributed by atoms with Crippen LogP contribution in [0.15, 0.2) is 40.9 Å². The van der Waals surface area contributed by atoms with Crippen LogP contribution >= 0.6 is 0 Å². The molecule has 2 aromatic carbocycles. The Kier molecular flexibility index (Phi) is 6.96. The summed E-state index contributed by atoms with van der Waals surface area (Å²) < 4.78 is 16.3. The lowest BCUT2D eigenvalue weighted by atomic mass is 10.0. The largest absolute Gasteiger partial charge is 0.493 e. The maximum atomic E-state index is 6.21. The number of rotatable bonds is 10. The highest BCUT2D eigenvalue weighted by Crippen LogP contribution is 2.37. The molecule has 0 unspecified atom stereocenters. The third-order valence-corrected chi connectivity index (χ3v) is 5.92. The molecular formula is C25H31N5O3. The first-order valence-electron chi connectivity index (χ1n) is 11.3. The number of benzene rings is 2. The molecule has 1 atom stereocenters. The second-order valence-corrected chi connectivity index (χ2v) is 8.01. The summed E-state index contributed by atoms with van der Waals surface area (Å²) in [5.41, 5.74) is 17.0. The molecule has 8 heteroatoms. The Bertz CT molecular complexity index is 1230. The number of ether oxygens (including phenoxy) is 2. The standard InChI is InChI=1S/C25H31N5O3/c1-4-17-18-13-16(24-29-25(33-30-24)19(27)7-5-6-12-26)8-10-20(18)28-23(17)15-9-11-21(31-2)22(14-15)32-3/h8-11,13-14,19,28H,4-7,12,26-27H2,1-3H3/t19-/m0/s1. The highest BCUT2D eigenvalue weighted by molar-refractivity contribution is 5.93. The topological polar surface area (TPSA) is 125 Å². The Morgan fingerprint density at radius 2 is 1.82 bits per heavy atom. The van der Waals surface area contributed by atoms with Crippen molar-refractivity contribution in [2.75, 3.05) is 20.8 Å². The first kappa shape index (κ1) is 22.8. The van der Waals surface area contributed by atoms with E-state index < -0.39 is 0 Å². The summed E-state index contributed by atoms with van der Waals surface area (Å²) in [6.07, 6.45) is 3.49. The SMILES string of the molecule is CCc1c(-c2ccc(OC)c(OC)c2)[nH]c2ccc(-c3noc([C@@H](N)CCCCN)n3)cc12. The lowest BCUT2D eigenvalue weighted by Crippen LogP contribution is -2.11. The molecule has 4 rings (SSSR count). The third kappa shape index (κ3) is 4.58. The van der Waals surface area contributed by atoms with E-state index in [9.17, 15) is 0 Å². The van der Waals surface area contributed by atoms with Crippen molar-refractivity contribution >= 4 is 10.9 Å². The summed E-state index contributed by atoms with van der Waals surface area (Å²) in [5.74, 6) is 2.39. The maximum absolute atomic E-state index is 6.21. The normalized spacial score (nSPS) is 12.3. The van der Waals surface area contributed by atoms with Crippen LogP contribution in [0.5, 0.6) is 11.5 Å². The van der Waals surface area contributed by atoms with Crippen LogP contribution in [0.4, 0.5) is 0 Å². The Labute approximate surface area is 193 Å². The summed E-state index contributed by atoms with van der Waals surface area (Å²) in [6, 6.07) is 11.8. The predicted molar refractivity (Wildman–Crippen MR) is 129 cm³/mol. The van der Waals surface area contributed by atoms with Gasteiger partial charge in [0.15, 0.2) is 11.5 Å². The van der Waals surface area contributed by atoms with Gasteiger partial charge in [-0.25, -0.2) is 0 Å². The van der Waals surface area contributed by atoms with Crippen molar-refractivity contribution in [1.29, 1.82) is 0 Å². The van der Waals surface area contributed by atoms with Gasteiger partial charge >= 0.3 is 0 Å². The number of aryl methyl sites for hydroxylation is 1. The fourth-order valence-electron chi connectivity index (χ4n) is 4.13. The van der Waals surface area contributed by atoms with E-state index >= 15 is 0 Å². The van der Waals surface area contributed by atoms with Crippen molar-refractivity contribution in [3.05, 3.63) is 47.9 Å². The minimum Gasteiger partial charge on any atom is -0.493 e. The summed E-state index contributed by atoms with van der Waals surface area (Å²) in [4.78, 5) is 8.11. The smallest absolute Gasteiger partial charge is 0.243 e. The van der Waals surface area contributed by atoms with Crippen LogP contribution in [0.2, 0.25) is 0 Å². The van der Waals surface area contributed by atoms with E-state index in [1.165, 1.54) is 5.56 Å². The summed E-state index contributed by atoms with van der Waals surface area (Å²) >= 11 is 0. The Morgan fingerprint density at radius 1 is 1.03 bits per heavy atom. The number of fused-ring (bicyclic) bond motifs is 1. The van der Waals surface area contributed by atoms with Crippen LogP contribution in [0.3, 0.4) is 0 Å². The van der Waals surface area contributed by atoms with E-state index in [0.29, 0.717) is 29.8 Å². The number of methoxy groups -OCH3 is 2. The number of unbranched alkanes of at least 4 members (excludes halogenated alkanes) is 1. The average Bonchev–Trinajstić information content (AvgIpc) is 3.48.